The van der Waals surface area contributed by atoms with Crippen LogP contribution in [0.4, 0.5) is 0 Å². The minimum absolute atomic E-state index is 0.371. The maximum absolute atomic E-state index is 11.9. The first-order valence-corrected chi connectivity index (χ1v) is 6.20. The van der Waals surface area contributed by atoms with E-state index in [1.54, 1.807) is 31.4 Å². The van der Waals surface area contributed by atoms with E-state index in [4.69, 9.17) is 9.84 Å². The van der Waals surface area contributed by atoms with Crippen LogP contribution < -0.4 is 5.32 Å². The number of carbonyl (C=O) groups excluding carboxylic acids is 1. The van der Waals surface area contributed by atoms with Crippen LogP contribution in [0.1, 0.15) is 35.7 Å². The standard InChI is InChI=1S/C14H19NO4/c1-3-4-12(14(17)18)15-13(16)11-7-5-10(6-8-11)9-19-2/h5-8,12H,3-4,9H2,1-2H3,(H,15,16)(H,17,18). The van der Waals surface area contributed by atoms with Crippen molar-refractivity contribution in [3.8, 4) is 0 Å². The van der Waals surface area contributed by atoms with Crippen molar-refractivity contribution < 1.29 is 19.4 Å². The van der Waals surface area contributed by atoms with Gasteiger partial charge in [0.15, 0.2) is 0 Å². The van der Waals surface area contributed by atoms with E-state index in [9.17, 15) is 9.59 Å². The maximum atomic E-state index is 11.9. The predicted molar refractivity (Wildman–Crippen MR) is 71.0 cm³/mol. The summed E-state index contributed by atoms with van der Waals surface area (Å²) in [5.41, 5.74) is 1.41. The molecule has 1 aromatic carbocycles. The summed E-state index contributed by atoms with van der Waals surface area (Å²) in [7, 11) is 1.60. The van der Waals surface area contributed by atoms with Gasteiger partial charge in [0.2, 0.25) is 0 Å². The molecule has 1 unspecified atom stereocenters. The average molecular weight is 265 g/mol. The summed E-state index contributed by atoms with van der Waals surface area (Å²) in [6, 6.07) is 6.06. The van der Waals surface area contributed by atoms with Gasteiger partial charge in [-0.15, -0.1) is 0 Å². The topological polar surface area (TPSA) is 75.6 Å². The van der Waals surface area contributed by atoms with Gasteiger partial charge in [-0.05, 0) is 24.1 Å². The number of ether oxygens (including phenoxy) is 1. The number of benzene rings is 1. The van der Waals surface area contributed by atoms with Crippen molar-refractivity contribution in [1.82, 2.24) is 5.32 Å². The smallest absolute Gasteiger partial charge is 0.326 e. The number of carbonyl (C=O) groups is 2. The molecule has 5 heteroatoms. The van der Waals surface area contributed by atoms with Crippen LogP contribution in [0.3, 0.4) is 0 Å². The molecule has 1 rings (SSSR count). The van der Waals surface area contributed by atoms with Crippen molar-refractivity contribution in [1.29, 1.82) is 0 Å². The molecule has 0 bridgehead atoms. The van der Waals surface area contributed by atoms with Crippen LogP contribution in [0.15, 0.2) is 24.3 Å². The molecule has 2 N–H and O–H groups in total. The molecule has 0 saturated heterocycles. The number of carboxylic acid groups (broad SMARTS) is 1. The van der Waals surface area contributed by atoms with E-state index in [-0.39, 0.29) is 5.91 Å². The summed E-state index contributed by atoms with van der Waals surface area (Å²) in [4.78, 5) is 22.9. The molecule has 5 nitrogen and oxygen atoms in total. The fourth-order valence-electron chi connectivity index (χ4n) is 1.71. The third-order valence-electron chi connectivity index (χ3n) is 2.71. The molecule has 0 fully saturated rings. The van der Waals surface area contributed by atoms with Gasteiger partial charge in [-0.25, -0.2) is 4.79 Å². The summed E-state index contributed by atoms with van der Waals surface area (Å²) in [5.74, 6) is -1.38. The molecule has 0 aromatic heterocycles. The second-order valence-corrected chi connectivity index (χ2v) is 4.28. The Morgan fingerprint density at radius 2 is 1.95 bits per heavy atom. The van der Waals surface area contributed by atoms with Crippen molar-refractivity contribution in [3.63, 3.8) is 0 Å². The number of amides is 1. The average Bonchev–Trinajstić information content (AvgIpc) is 2.39. The highest BCUT2D eigenvalue weighted by molar-refractivity contribution is 5.96. The van der Waals surface area contributed by atoms with E-state index >= 15 is 0 Å². The molecule has 0 spiro atoms. The fourth-order valence-corrected chi connectivity index (χ4v) is 1.71. The van der Waals surface area contributed by atoms with Gasteiger partial charge in [0.1, 0.15) is 6.04 Å². The molecule has 104 valence electrons. The number of aliphatic carboxylic acids is 1. The molecule has 0 saturated carbocycles. The SMILES string of the molecule is CCCC(NC(=O)c1ccc(COC)cc1)C(=O)O. The third kappa shape index (κ3) is 4.71. The molecular weight excluding hydrogens is 246 g/mol. The van der Waals surface area contributed by atoms with Crippen LogP contribution in [0, 0.1) is 0 Å². The zero-order valence-electron chi connectivity index (χ0n) is 11.2. The van der Waals surface area contributed by atoms with E-state index in [0.29, 0.717) is 25.0 Å². The van der Waals surface area contributed by atoms with E-state index in [1.807, 2.05) is 6.92 Å². The van der Waals surface area contributed by atoms with Crippen LogP contribution in [-0.2, 0) is 16.1 Å². The predicted octanol–water partition coefficient (Wildman–Crippen LogP) is 1.82. The van der Waals surface area contributed by atoms with Crippen LogP contribution >= 0.6 is 0 Å². The van der Waals surface area contributed by atoms with Gasteiger partial charge < -0.3 is 15.2 Å². The summed E-state index contributed by atoms with van der Waals surface area (Å²) in [6.07, 6.45) is 1.12. The van der Waals surface area contributed by atoms with E-state index in [0.717, 1.165) is 5.56 Å². The van der Waals surface area contributed by atoms with Gasteiger partial charge in [-0.3, -0.25) is 4.79 Å². The van der Waals surface area contributed by atoms with Crippen molar-refractivity contribution in [2.75, 3.05) is 7.11 Å². The summed E-state index contributed by atoms with van der Waals surface area (Å²) >= 11 is 0. The van der Waals surface area contributed by atoms with Crippen molar-refractivity contribution in [3.05, 3.63) is 35.4 Å². The monoisotopic (exact) mass is 265 g/mol. The fraction of sp³-hybridized carbons (Fsp3) is 0.429. The molecule has 0 radical (unpaired) electrons. The molecule has 0 aliphatic carbocycles. The first kappa shape index (κ1) is 15.2. The summed E-state index contributed by atoms with van der Waals surface area (Å²) in [6.45, 7) is 2.36. The maximum Gasteiger partial charge on any atom is 0.326 e. The molecule has 1 amide bonds. The Labute approximate surface area is 112 Å². The van der Waals surface area contributed by atoms with Gasteiger partial charge in [0.05, 0.1) is 6.61 Å². The second kappa shape index (κ2) is 7.53. The minimum Gasteiger partial charge on any atom is -0.480 e. The molecule has 19 heavy (non-hydrogen) atoms. The Kier molecular flexibility index (Phi) is 6.02. The van der Waals surface area contributed by atoms with Gasteiger partial charge in [-0.2, -0.15) is 0 Å². The van der Waals surface area contributed by atoms with Crippen LogP contribution in [-0.4, -0.2) is 30.1 Å². The Morgan fingerprint density at radius 3 is 2.42 bits per heavy atom. The molecule has 1 atom stereocenters. The molecule has 1 aromatic rings. The Bertz CT molecular complexity index is 428. The first-order valence-electron chi connectivity index (χ1n) is 6.20. The van der Waals surface area contributed by atoms with Crippen LogP contribution in [0.5, 0.6) is 0 Å². The Hall–Kier alpha value is -1.88. The lowest BCUT2D eigenvalue weighted by Gasteiger charge is -2.13. The lowest BCUT2D eigenvalue weighted by molar-refractivity contribution is -0.139. The lowest BCUT2D eigenvalue weighted by Crippen LogP contribution is -2.40. The Morgan fingerprint density at radius 1 is 1.32 bits per heavy atom. The molecule has 0 aliphatic heterocycles. The lowest BCUT2D eigenvalue weighted by atomic mass is 10.1. The van der Waals surface area contributed by atoms with Gasteiger partial charge in [0, 0.05) is 12.7 Å². The van der Waals surface area contributed by atoms with Gasteiger partial charge in [-0.1, -0.05) is 25.5 Å². The largest absolute Gasteiger partial charge is 0.480 e. The number of carboxylic acids is 1. The summed E-state index contributed by atoms with van der Waals surface area (Å²) in [5, 5.41) is 11.5. The van der Waals surface area contributed by atoms with Crippen molar-refractivity contribution >= 4 is 11.9 Å². The minimum atomic E-state index is -1.01. The second-order valence-electron chi connectivity index (χ2n) is 4.28. The third-order valence-corrected chi connectivity index (χ3v) is 2.71. The van der Waals surface area contributed by atoms with Crippen LogP contribution in [0.25, 0.3) is 0 Å². The highest BCUT2D eigenvalue weighted by Gasteiger charge is 2.19. The van der Waals surface area contributed by atoms with Crippen molar-refractivity contribution in [2.24, 2.45) is 0 Å². The molecular formula is C14H19NO4. The summed E-state index contributed by atoms with van der Waals surface area (Å²) < 4.78 is 4.98. The van der Waals surface area contributed by atoms with Gasteiger partial charge >= 0.3 is 5.97 Å². The zero-order valence-corrected chi connectivity index (χ0v) is 11.2. The van der Waals surface area contributed by atoms with E-state index < -0.39 is 12.0 Å². The van der Waals surface area contributed by atoms with Crippen LogP contribution in [0.2, 0.25) is 0 Å². The Balaban J connectivity index is 2.68. The zero-order chi connectivity index (χ0) is 14.3. The highest BCUT2D eigenvalue weighted by atomic mass is 16.5. The molecule has 0 aliphatic rings. The number of rotatable bonds is 7. The van der Waals surface area contributed by atoms with E-state index in [1.165, 1.54) is 0 Å². The van der Waals surface area contributed by atoms with Gasteiger partial charge in [0.25, 0.3) is 5.91 Å². The number of hydrogen-bond acceptors (Lipinski definition) is 3. The van der Waals surface area contributed by atoms with Crippen molar-refractivity contribution in [2.45, 2.75) is 32.4 Å². The number of nitrogens with one attached hydrogen (secondary N) is 1. The molecule has 0 heterocycles. The normalized spacial score (nSPS) is 11.9. The van der Waals surface area contributed by atoms with E-state index in [2.05, 4.69) is 5.32 Å². The highest BCUT2D eigenvalue weighted by Crippen LogP contribution is 2.07. The number of hydrogen-bond donors (Lipinski definition) is 2. The quantitative estimate of drug-likeness (QED) is 0.788. The first-order chi connectivity index (χ1) is 9.08. The number of methoxy groups -OCH3 is 1.